The van der Waals surface area contributed by atoms with E-state index in [1.54, 1.807) is 11.8 Å². The van der Waals surface area contributed by atoms with Crippen LogP contribution in [0.2, 0.25) is 0 Å². The van der Waals surface area contributed by atoms with Crippen LogP contribution in [0.1, 0.15) is 26.2 Å². The maximum Gasteiger partial charge on any atom is 0.321 e. The Balaban J connectivity index is 1.87. The number of nitro benzene ring substituents is 2. The van der Waals surface area contributed by atoms with Crippen molar-refractivity contribution < 1.29 is 34.0 Å². The molecule has 1 fully saturated rings. The minimum absolute atomic E-state index is 0.105. The third-order valence-electron chi connectivity index (χ3n) is 4.49. The summed E-state index contributed by atoms with van der Waals surface area (Å²) in [7, 11) is 0. The van der Waals surface area contributed by atoms with Gasteiger partial charge in [0.1, 0.15) is 0 Å². The number of carbonyl (C=O) groups excluding carboxylic acids is 2. The van der Waals surface area contributed by atoms with Crippen LogP contribution in [0.5, 0.6) is 5.75 Å². The normalized spacial score (nSPS) is 14.1. The quantitative estimate of drug-likeness (QED) is 0.165. The van der Waals surface area contributed by atoms with Gasteiger partial charge in [0.15, 0.2) is 0 Å². The summed E-state index contributed by atoms with van der Waals surface area (Å²) in [6, 6.07) is 2.66. The number of hydrazine groups is 1. The smallest absolute Gasteiger partial charge is 0.321 e. The molecule has 1 aliphatic heterocycles. The van der Waals surface area contributed by atoms with Crippen molar-refractivity contribution >= 4 is 23.3 Å². The molecule has 32 heavy (non-hydrogen) atoms. The molecule has 1 saturated heterocycles. The molecule has 15 heteroatoms. The summed E-state index contributed by atoms with van der Waals surface area (Å²) < 4.78 is 4.80. The molecule has 0 atom stereocenters. The van der Waals surface area contributed by atoms with Crippen molar-refractivity contribution in [3.63, 3.8) is 0 Å². The summed E-state index contributed by atoms with van der Waals surface area (Å²) in [6.07, 6.45) is 0.693. The molecule has 2 rings (SSSR count). The first-order valence-corrected chi connectivity index (χ1v) is 9.69. The molecular formula is C17H22N6O9. The molecule has 0 spiro atoms. The molecule has 0 saturated carbocycles. The van der Waals surface area contributed by atoms with Crippen LogP contribution >= 0.6 is 0 Å². The molecule has 1 amide bonds. The van der Waals surface area contributed by atoms with E-state index in [0.717, 1.165) is 12.1 Å². The Hall–Kier alpha value is -4.04. The molecule has 0 bridgehead atoms. The number of benzene rings is 1. The predicted molar refractivity (Wildman–Crippen MR) is 105 cm³/mol. The third-order valence-corrected chi connectivity index (χ3v) is 4.49. The number of non-ortho nitro benzene ring substituents is 1. The third kappa shape index (κ3) is 6.75. The minimum atomic E-state index is -0.890. The van der Waals surface area contributed by atoms with Crippen molar-refractivity contribution in [2.45, 2.75) is 26.2 Å². The highest BCUT2D eigenvalue weighted by Gasteiger charge is 2.26. The number of ether oxygens (including phenoxy) is 1. The fourth-order valence-corrected chi connectivity index (χ4v) is 2.86. The van der Waals surface area contributed by atoms with Crippen molar-refractivity contribution in [1.29, 1.82) is 0 Å². The monoisotopic (exact) mass is 454 g/mol. The zero-order chi connectivity index (χ0) is 23.7. The van der Waals surface area contributed by atoms with Gasteiger partial charge in [0.25, 0.3) is 5.69 Å². The molecule has 0 aliphatic carbocycles. The Kier molecular flexibility index (Phi) is 8.62. The summed E-state index contributed by atoms with van der Waals surface area (Å²) in [5.74, 6) is -0.945. The maximum atomic E-state index is 12.2. The first-order valence-electron chi connectivity index (χ1n) is 9.69. The highest BCUT2D eigenvalue weighted by atomic mass is 16.7. The van der Waals surface area contributed by atoms with E-state index in [4.69, 9.17) is 9.57 Å². The lowest BCUT2D eigenvalue weighted by atomic mass is 10.2. The van der Waals surface area contributed by atoms with Gasteiger partial charge in [-0.3, -0.25) is 34.7 Å². The summed E-state index contributed by atoms with van der Waals surface area (Å²) in [4.78, 5) is 50.1. The van der Waals surface area contributed by atoms with E-state index >= 15 is 0 Å². The largest absolute Gasteiger partial charge is 0.569 e. The number of nitrogens with zero attached hydrogens (tertiary/aromatic N) is 6. The summed E-state index contributed by atoms with van der Waals surface area (Å²) in [6.45, 7) is 2.75. The van der Waals surface area contributed by atoms with Crippen LogP contribution in [0.3, 0.4) is 0 Å². The van der Waals surface area contributed by atoms with Gasteiger partial charge in [0.2, 0.25) is 16.9 Å². The Morgan fingerprint density at radius 3 is 2.34 bits per heavy atom. The fourth-order valence-electron chi connectivity index (χ4n) is 2.86. The number of esters is 1. The fraction of sp³-hybridized carbons (Fsp3) is 0.529. The number of hydrogen-bond acceptors (Lipinski definition) is 10. The molecule has 1 aliphatic rings. The van der Waals surface area contributed by atoms with Gasteiger partial charge in [-0.15, -0.1) is 5.01 Å². The molecule has 1 aromatic carbocycles. The Morgan fingerprint density at radius 1 is 1.06 bits per heavy atom. The number of nitro groups is 2. The van der Waals surface area contributed by atoms with E-state index in [2.05, 4.69) is 5.28 Å². The van der Waals surface area contributed by atoms with Gasteiger partial charge in [-0.25, -0.2) is 0 Å². The molecule has 0 unspecified atom stereocenters. The van der Waals surface area contributed by atoms with Crippen LogP contribution in [0, 0.1) is 25.4 Å². The Morgan fingerprint density at radius 2 is 1.75 bits per heavy atom. The molecular weight excluding hydrogens is 432 g/mol. The van der Waals surface area contributed by atoms with E-state index in [-0.39, 0.29) is 62.5 Å². The standard InChI is InChI=1S/C17H22N6O9/c1-2-31-17(25)5-3-4-16(24)19-8-10-20(11-9-19)23(30)18-32-15-7-6-13(21(26)27)12-14(15)22(28)29/h6-7,12H,2-5,8-11H2,1H3/b23-18-. The Labute approximate surface area is 181 Å². The van der Waals surface area contributed by atoms with Gasteiger partial charge >= 0.3 is 11.7 Å². The lowest BCUT2D eigenvalue weighted by molar-refractivity contribution is -0.708. The van der Waals surface area contributed by atoms with Crippen LogP contribution in [0.25, 0.3) is 0 Å². The van der Waals surface area contributed by atoms with Gasteiger partial charge in [0.05, 0.1) is 40.6 Å². The van der Waals surface area contributed by atoms with Crippen molar-refractivity contribution in [2.24, 2.45) is 5.28 Å². The average Bonchev–Trinajstić information content (AvgIpc) is 2.77. The lowest BCUT2D eigenvalue weighted by Crippen LogP contribution is -2.50. The van der Waals surface area contributed by atoms with Gasteiger partial charge in [-0.2, -0.15) is 0 Å². The van der Waals surface area contributed by atoms with Crippen LogP contribution < -0.4 is 4.84 Å². The lowest BCUT2D eigenvalue weighted by Gasteiger charge is -2.31. The number of carbonyl (C=O) groups is 2. The molecule has 15 nitrogen and oxygen atoms in total. The number of hydrogen-bond donors (Lipinski definition) is 0. The zero-order valence-electron chi connectivity index (χ0n) is 17.2. The number of amides is 1. The van der Waals surface area contributed by atoms with Gasteiger partial charge in [-0.1, -0.05) is 0 Å². The second kappa shape index (κ2) is 11.4. The maximum absolute atomic E-state index is 12.2. The molecule has 1 aromatic rings. The van der Waals surface area contributed by atoms with Crippen molar-refractivity contribution in [3.05, 3.63) is 43.6 Å². The van der Waals surface area contributed by atoms with Crippen molar-refractivity contribution in [1.82, 2.24) is 9.91 Å². The van der Waals surface area contributed by atoms with Crippen molar-refractivity contribution in [3.8, 4) is 5.75 Å². The first kappa shape index (κ1) is 24.2. The minimum Gasteiger partial charge on any atom is -0.569 e. The highest BCUT2D eigenvalue weighted by molar-refractivity contribution is 5.77. The molecule has 0 radical (unpaired) electrons. The molecule has 174 valence electrons. The summed E-state index contributed by atoms with van der Waals surface area (Å²) >= 11 is 0. The van der Waals surface area contributed by atoms with E-state index < -0.39 is 27.0 Å². The van der Waals surface area contributed by atoms with E-state index in [9.17, 15) is 35.0 Å². The summed E-state index contributed by atoms with van der Waals surface area (Å²) in [5, 5.41) is 38.5. The van der Waals surface area contributed by atoms with E-state index in [1.807, 2.05) is 0 Å². The molecule has 0 N–H and O–H groups in total. The molecule has 0 aromatic heterocycles. The van der Waals surface area contributed by atoms with Crippen LogP contribution in [-0.2, 0) is 14.3 Å². The predicted octanol–water partition coefficient (Wildman–Crippen LogP) is 1.55. The summed E-state index contributed by atoms with van der Waals surface area (Å²) in [5.41, 5.74) is -1.22. The topological polar surface area (TPSA) is 184 Å². The average molecular weight is 454 g/mol. The second-order valence-corrected chi connectivity index (χ2v) is 6.58. The number of piperazine rings is 1. The Bertz CT molecular complexity index is 898. The zero-order valence-corrected chi connectivity index (χ0v) is 17.2. The second-order valence-electron chi connectivity index (χ2n) is 6.58. The van der Waals surface area contributed by atoms with Gasteiger partial charge in [-0.05, 0) is 19.4 Å². The van der Waals surface area contributed by atoms with Gasteiger partial charge < -0.3 is 14.8 Å². The van der Waals surface area contributed by atoms with Crippen LogP contribution in [-0.4, -0.2) is 69.4 Å². The van der Waals surface area contributed by atoms with E-state index in [1.165, 1.54) is 5.01 Å². The van der Waals surface area contributed by atoms with Gasteiger partial charge in [0, 0.05) is 32.0 Å². The van der Waals surface area contributed by atoms with Crippen LogP contribution in [0.4, 0.5) is 11.4 Å². The first-order chi connectivity index (χ1) is 15.2. The SMILES string of the molecule is CCOC(=O)CCCC(=O)N1CCN(/[N+]([O-])=N/Oc2ccc([N+](=O)[O-])cc2[N+](=O)[O-])CC1. The van der Waals surface area contributed by atoms with E-state index in [0.29, 0.717) is 12.5 Å². The number of rotatable bonds is 10. The van der Waals surface area contributed by atoms with Crippen molar-refractivity contribution in [2.75, 3.05) is 32.8 Å². The molecule has 1 heterocycles. The van der Waals surface area contributed by atoms with Crippen LogP contribution in [0.15, 0.2) is 23.5 Å². The highest BCUT2D eigenvalue weighted by Crippen LogP contribution is 2.31.